The monoisotopic (exact) mass is 471 g/mol. The van der Waals surface area contributed by atoms with E-state index in [1.54, 1.807) is 18.2 Å². The molecular formula is C20H26ClN3O4S2. The van der Waals surface area contributed by atoms with Crippen LogP contribution in [-0.2, 0) is 20.0 Å². The molecule has 0 saturated carbocycles. The van der Waals surface area contributed by atoms with E-state index in [1.165, 1.54) is 38.4 Å². The Hall–Kier alpha value is -1.81. The third-order valence-corrected chi connectivity index (χ3v) is 8.76. The highest BCUT2D eigenvalue weighted by atomic mass is 35.5. The topological polar surface area (TPSA) is 86.8 Å². The molecule has 1 heterocycles. The molecule has 1 N–H and O–H groups in total. The summed E-state index contributed by atoms with van der Waals surface area (Å²) in [5.41, 5.74) is 1.07. The first kappa shape index (κ1) is 22.9. The van der Waals surface area contributed by atoms with Crippen LogP contribution in [0.3, 0.4) is 0 Å². The number of anilines is 2. The predicted molar refractivity (Wildman–Crippen MR) is 120 cm³/mol. The number of para-hydroxylation sites is 1. The maximum Gasteiger partial charge on any atom is 0.261 e. The number of piperidine rings is 1. The average molecular weight is 472 g/mol. The summed E-state index contributed by atoms with van der Waals surface area (Å²) in [6, 6.07) is 10.3. The second-order valence-electron chi connectivity index (χ2n) is 7.67. The van der Waals surface area contributed by atoms with E-state index in [0.717, 1.165) is 30.2 Å². The molecule has 2 aromatic rings. The number of rotatable bonds is 6. The first-order valence-corrected chi connectivity index (χ1v) is 12.9. The zero-order valence-corrected chi connectivity index (χ0v) is 19.6. The van der Waals surface area contributed by atoms with E-state index in [-0.39, 0.29) is 9.79 Å². The summed E-state index contributed by atoms with van der Waals surface area (Å²) in [6.45, 7) is 3.81. The van der Waals surface area contributed by atoms with Gasteiger partial charge in [0.05, 0.1) is 26.2 Å². The van der Waals surface area contributed by atoms with Gasteiger partial charge in [0.25, 0.3) is 10.0 Å². The molecule has 1 aliphatic rings. The third kappa shape index (κ3) is 4.74. The predicted octanol–water partition coefficient (Wildman–Crippen LogP) is 3.63. The molecule has 0 radical (unpaired) electrons. The molecule has 0 amide bonds. The molecule has 0 spiro atoms. The number of sulfonamides is 2. The molecule has 1 fully saturated rings. The number of hydrogen-bond donors (Lipinski definition) is 1. The zero-order chi connectivity index (χ0) is 22.1. The van der Waals surface area contributed by atoms with Gasteiger partial charge in [-0.3, -0.25) is 4.72 Å². The van der Waals surface area contributed by atoms with Gasteiger partial charge < -0.3 is 4.90 Å². The fourth-order valence-electron chi connectivity index (χ4n) is 3.36. The van der Waals surface area contributed by atoms with Crippen LogP contribution >= 0.6 is 11.6 Å². The smallest absolute Gasteiger partial charge is 0.261 e. The highest BCUT2D eigenvalue weighted by Gasteiger charge is 2.24. The van der Waals surface area contributed by atoms with Gasteiger partial charge in [-0.25, -0.2) is 21.1 Å². The lowest BCUT2D eigenvalue weighted by Crippen LogP contribution is -2.33. The molecule has 10 heteroatoms. The lowest BCUT2D eigenvalue weighted by atomic mass is 9.98. The van der Waals surface area contributed by atoms with Crippen LogP contribution in [0.25, 0.3) is 0 Å². The lowest BCUT2D eigenvalue weighted by molar-refractivity contribution is 0.439. The Kier molecular flexibility index (Phi) is 6.66. The normalized spacial score (nSPS) is 16.1. The second kappa shape index (κ2) is 8.74. The van der Waals surface area contributed by atoms with E-state index in [1.807, 2.05) is 0 Å². The summed E-state index contributed by atoms with van der Waals surface area (Å²) < 4.78 is 54.0. The Morgan fingerprint density at radius 3 is 2.10 bits per heavy atom. The average Bonchev–Trinajstić information content (AvgIpc) is 2.69. The Balaban J connectivity index is 1.90. The van der Waals surface area contributed by atoms with E-state index < -0.39 is 20.0 Å². The molecule has 0 aromatic heterocycles. The summed E-state index contributed by atoms with van der Waals surface area (Å²) in [5.74, 6) is 0.626. The maximum atomic E-state index is 13.0. The molecule has 0 atom stereocenters. The van der Waals surface area contributed by atoms with Crippen molar-refractivity contribution < 1.29 is 16.8 Å². The van der Waals surface area contributed by atoms with Crippen LogP contribution in [0.5, 0.6) is 0 Å². The molecule has 0 bridgehead atoms. The van der Waals surface area contributed by atoms with Crippen molar-refractivity contribution in [3.63, 3.8) is 0 Å². The van der Waals surface area contributed by atoms with Crippen LogP contribution in [0.4, 0.5) is 11.4 Å². The molecule has 164 valence electrons. The summed E-state index contributed by atoms with van der Waals surface area (Å²) in [6.07, 6.45) is 2.03. The number of hydrogen-bond acceptors (Lipinski definition) is 5. The highest BCUT2D eigenvalue weighted by molar-refractivity contribution is 7.92. The number of halogens is 1. The van der Waals surface area contributed by atoms with Crippen molar-refractivity contribution in [3.8, 4) is 0 Å². The van der Waals surface area contributed by atoms with E-state index in [9.17, 15) is 16.8 Å². The van der Waals surface area contributed by atoms with Gasteiger partial charge in [0, 0.05) is 27.2 Å². The van der Waals surface area contributed by atoms with Gasteiger partial charge in [0.15, 0.2) is 0 Å². The fourth-order valence-corrected chi connectivity index (χ4v) is 5.62. The SMILES string of the molecule is CC1CCN(c2c(Cl)cccc2NS(=O)(=O)c2ccc(S(=O)(=O)N(C)C)cc2)CC1. The Bertz CT molecular complexity index is 1110. The van der Waals surface area contributed by atoms with Crippen LogP contribution < -0.4 is 9.62 Å². The molecule has 0 aliphatic carbocycles. The quantitative estimate of drug-likeness (QED) is 0.695. The van der Waals surface area contributed by atoms with Gasteiger partial charge >= 0.3 is 0 Å². The van der Waals surface area contributed by atoms with Crippen molar-refractivity contribution in [2.24, 2.45) is 5.92 Å². The van der Waals surface area contributed by atoms with E-state index >= 15 is 0 Å². The van der Waals surface area contributed by atoms with Crippen molar-refractivity contribution >= 4 is 43.0 Å². The van der Waals surface area contributed by atoms with Crippen LogP contribution in [0.2, 0.25) is 5.02 Å². The van der Waals surface area contributed by atoms with Crippen LogP contribution in [0.15, 0.2) is 52.3 Å². The second-order valence-corrected chi connectivity index (χ2v) is 11.9. The standard InChI is InChI=1S/C20H26ClN3O4S2/c1-15-11-13-24(14-12-15)20-18(21)5-4-6-19(20)22-29(25,26)16-7-9-17(10-8-16)30(27,28)23(2)3/h4-10,15,22H,11-14H2,1-3H3. The van der Waals surface area contributed by atoms with Gasteiger partial charge in [-0.15, -0.1) is 0 Å². The van der Waals surface area contributed by atoms with Crippen molar-refractivity contribution in [2.75, 3.05) is 36.8 Å². The molecule has 1 saturated heterocycles. The minimum Gasteiger partial charge on any atom is -0.369 e. The van der Waals surface area contributed by atoms with Crippen molar-refractivity contribution in [1.29, 1.82) is 0 Å². The summed E-state index contributed by atoms with van der Waals surface area (Å²) in [4.78, 5) is 2.10. The first-order chi connectivity index (χ1) is 14.0. The minimum atomic E-state index is -3.93. The highest BCUT2D eigenvalue weighted by Crippen LogP contribution is 2.37. The Labute approximate surface area is 183 Å². The van der Waals surface area contributed by atoms with Crippen molar-refractivity contribution in [2.45, 2.75) is 29.6 Å². The minimum absolute atomic E-state index is 0.0253. The Morgan fingerprint density at radius 2 is 1.53 bits per heavy atom. The zero-order valence-electron chi connectivity index (χ0n) is 17.2. The number of nitrogens with zero attached hydrogens (tertiary/aromatic N) is 2. The van der Waals surface area contributed by atoms with E-state index in [4.69, 9.17) is 11.6 Å². The fraction of sp³-hybridized carbons (Fsp3) is 0.400. The first-order valence-electron chi connectivity index (χ1n) is 9.61. The van der Waals surface area contributed by atoms with Crippen molar-refractivity contribution in [3.05, 3.63) is 47.5 Å². The van der Waals surface area contributed by atoms with Gasteiger partial charge in [-0.1, -0.05) is 24.6 Å². The largest absolute Gasteiger partial charge is 0.369 e. The number of nitrogens with one attached hydrogen (secondary N) is 1. The third-order valence-electron chi connectivity index (χ3n) is 5.24. The molecule has 7 nitrogen and oxygen atoms in total. The maximum absolute atomic E-state index is 13.0. The van der Waals surface area contributed by atoms with Crippen LogP contribution in [0, 0.1) is 5.92 Å². The Morgan fingerprint density at radius 1 is 0.967 bits per heavy atom. The molecule has 0 unspecified atom stereocenters. The van der Waals surface area contributed by atoms with Gasteiger partial charge in [-0.2, -0.15) is 0 Å². The molecule has 2 aromatic carbocycles. The summed E-state index contributed by atoms with van der Waals surface area (Å²) >= 11 is 6.43. The molecule has 30 heavy (non-hydrogen) atoms. The van der Waals surface area contributed by atoms with Gasteiger partial charge in [-0.05, 0) is 55.2 Å². The molecule has 1 aliphatic heterocycles. The molecular weight excluding hydrogens is 446 g/mol. The summed E-state index contributed by atoms with van der Waals surface area (Å²) in [7, 11) is -4.72. The van der Waals surface area contributed by atoms with Gasteiger partial charge in [0.2, 0.25) is 10.0 Å². The lowest BCUT2D eigenvalue weighted by Gasteiger charge is -2.34. The van der Waals surface area contributed by atoms with E-state index in [2.05, 4.69) is 16.5 Å². The number of benzene rings is 2. The van der Waals surface area contributed by atoms with Crippen LogP contribution in [0.1, 0.15) is 19.8 Å². The summed E-state index contributed by atoms with van der Waals surface area (Å²) in [5, 5.41) is 0.483. The van der Waals surface area contributed by atoms with Gasteiger partial charge in [0.1, 0.15) is 0 Å². The molecule has 3 rings (SSSR count). The van der Waals surface area contributed by atoms with E-state index in [0.29, 0.717) is 22.3 Å². The van der Waals surface area contributed by atoms with Crippen molar-refractivity contribution in [1.82, 2.24) is 4.31 Å². The van der Waals surface area contributed by atoms with Crippen LogP contribution in [-0.4, -0.2) is 48.3 Å².